The van der Waals surface area contributed by atoms with Crippen molar-refractivity contribution in [2.24, 2.45) is 16.7 Å². The highest BCUT2D eigenvalue weighted by molar-refractivity contribution is 6.03. The first-order valence-electron chi connectivity index (χ1n) is 5.67. The van der Waals surface area contributed by atoms with Gasteiger partial charge in [-0.05, 0) is 18.1 Å². The second-order valence-electron chi connectivity index (χ2n) is 4.04. The van der Waals surface area contributed by atoms with Crippen molar-refractivity contribution >= 4 is 5.84 Å². The Kier molecular flexibility index (Phi) is 3.60. The van der Waals surface area contributed by atoms with E-state index in [9.17, 15) is 0 Å². The highest BCUT2D eigenvalue weighted by atomic mass is 15.5. The highest BCUT2D eigenvalue weighted by Gasteiger charge is 2.07. The van der Waals surface area contributed by atoms with Gasteiger partial charge in [0.25, 0.3) is 0 Å². The van der Waals surface area contributed by atoms with Gasteiger partial charge in [0.1, 0.15) is 0 Å². The molecule has 0 spiro atoms. The zero-order valence-electron chi connectivity index (χ0n) is 10.2. The van der Waals surface area contributed by atoms with Crippen molar-refractivity contribution in [3.8, 4) is 11.1 Å². The lowest BCUT2D eigenvalue weighted by Crippen LogP contribution is -2.23. The van der Waals surface area contributed by atoms with Crippen LogP contribution in [0.15, 0.2) is 53.6 Å². The zero-order valence-corrected chi connectivity index (χ0v) is 10.2. The fraction of sp³-hybridized carbons (Fsp3) is 0.0714. The average Bonchev–Trinajstić information content (AvgIpc) is 2.40. The Morgan fingerprint density at radius 3 is 2.39 bits per heavy atom. The molecule has 0 heterocycles. The number of hydrogen-bond acceptors (Lipinski definition) is 3. The van der Waals surface area contributed by atoms with Crippen LogP contribution in [-0.2, 0) is 0 Å². The van der Waals surface area contributed by atoms with Crippen molar-refractivity contribution in [2.45, 2.75) is 6.92 Å². The minimum absolute atomic E-state index is 0.369. The molecule has 0 aromatic heterocycles. The van der Waals surface area contributed by atoms with Gasteiger partial charge in [-0.3, -0.25) is 0 Å². The van der Waals surface area contributed by atoms with Crippen molar-refractivity contribution < 1.29 is 0 Å². The van der Waals surface area contributed by atoms with E-state index in [0.29, 0.717) is 5.84 Å². The van der Waals surface area contributed by atoms with Crippen LogP contribution < -0.4 is 17.1 Å². The summed E-state index contributed by atoms with van der Waals surface area (Å²) < 4.78 is 0. The Balaban J connectivity index is 2.51. The third kappa shape index (κ3) is 2.49. The maximum Gasteiger partial charge on any atom is 0.152 e. The lowest BCUT2D eigenvalue weighted by Gasteiger charge is -2.09. The number of aryl methyl sites for hydroxylation is 1. The number of hydrazine groups is 1. The van der Waals surface area contributed by atoms with Crippen LogP contribution in [0.3, 0.4) is 0 Å². The van der Waals surface area contributed by atoms with Gasteiger partial charge in [-0.15, -0.1) is 5.10 Å². The molecule has 0 fully saturated rings. The molecule has 0 radical (unpaired) electrons. The molecule has 18 heavy (non-hydrogen) atoms. The second kappa shape index (κ2) is 5.33. The summed E-state index contributed by atoms with van der Waals surface area (Å²) in [6.45, 7) is 2.06. The summed E-state index contributed by atoms with van der Waals surface area (Å²) in [4.78, 5) is 0. The molecule has 4 heteroatoms. The number of benzene rings is 2. The molecular formula is C14H16N4. The topological polar surface area (TPSA) is 76.4 Å². The molecule has 0 aliphatic heterocycles. The number of nitrogens with zero attached hydrogens (tertiary/aromatic N) is 1. The highest BCUT2D eigenvalue weighted by Crippen LogP contribution is 2.23. The van der Waals surface area contributed by atoms with E-state index < -0.39 is 0 Å². The van der Waals surface area contributed by atoms with Gasteiger partial charge in [0.15, 0.2) is 5.84 Å². The molecule has 92 valence electrons. The molecule has 0 bridgehead atoms. The first kappa shape index (κ1) is 12.1. The van der Waals surface area contributed by atoms with Crippen molar-refractivity contribution in [1.29, 1.82) is 0 Å². The van der Waals surface area contributed by atoms with Gasteiger partial charge < -0.3 is 5.73 Å². The lowest BCUT2D eigenvalue weighted by molar-refractivity contribution is 0.804. The molecular weight excluding hydrogens is 224 g/mol. The zero-order chi connectivity index (χ0) is 13.0. The third-order valence-electron chi connectivity index (χ3n) is 2.75. The molecule has 0 amide bonds. The Morgan fingerprint density at radius 2 is 1.72 bits per heavy atom. The van der Waals surface area contributed by atoms with E-state index in [-0.39, 0.29) is 0 Å². The second-order valence-corrected chi connectivity index (χ2v) is 4.04. The minimum Gasteiger partial charge on any atom is -0.382 e. The number of amidine groups is 1. The van der Waals surface area contributed by atoms with E-state index in [4.69, 9.17) is 11.6 Å². The van der Waals surface area contributed by atoms with Crippen LogP contribution in [0, 0.1) is 6.92 Å². The fourth-order valence-corrected chi connectivity index (χ4v) is 1.82. The summed E-state index contributed by atoms with van der Waals surface area (Å²) in [6.07, 6.45) is 0. The number of nitrogens with two attached hydrogens (primary N) is 2. The van der Waals surface area contributed by atoms with Gasteiger partial charge in [-0.1, -0.05) is 54.1 Å². The van der Waals surface area contributed by atoms with Gasteiger partial charge in [-0.25, -0.2) is 11.4 Å². The van der Waals surface area contributed by atoms with E-state index in [1.807, 2.05) is 24.3 Å². The minimum atomic E-state index is 0.369. The Hall–Kier alpha value is -2.33. The summed E-state index contributed by atoms with van der Waals surface area (Å²) in [7, 11) is 0. The van der Waals surface area contributed by atoms with Crippen molar-refractivity contribution in [3.63, 3.8) is 0 Å². The third-order valence-corrected chi connectivity index (χ3v) is 2.75. The van der Waals surface area contributed by atoms with E-state index in [2.05, 4.69) is 41.8 Å². The smallest absolute Gasteiger partial charge is 0.152 e. The largest absolute Gasteiger partial charge is 0.382 e. The summed E-state index contributed by atoms with van der Waals surface area (Å²) >= 11 is 0. The first-order chi connectivity index (χ1) is 8.72. The van der Waals surface area contributed by atoms with Crippen LogP contribution >= 0.6 is 0 Å². The van der Waals surface area contributed by atoms with Crippen molar-refractivity contribution in [3.05, 3.63) is 59.7 Å². The Labute approximate surface area is 106 Å². The molecule has 2 aromatic carbocycles. The quantitative estimate of drug-likeness (QED) is 0.331. The van der Waals surface area contributed by atoms with Crippen LogP contribution in [0.25, 0.3) is 11.1 Å². The summed E-state index contributed by atoms with van der Waals surface area (Å²) in [5.41, 5.74) is 12.3. The van der Waals surface area contributed by atoms with Gasteiger partial charge >= 0.3 is 0 Å². The molecule has 0 unspecified atom stereocenters. The van der Waals surface area contributed by atoms with E-state index in [1.54, 1.807) is 0 Å². The van der Waals surface area contributed by atoms with Crippen LogP contribution in [0.2, 0.25) is 0 Å². The van der Waals surface area contributed by atoms with Gasteiger partial charge in [-0.2, -0.15) is 0 Å². The normalized spacial score (nSPS) is 11.3. The first-order valence-corrected chi connectivity index (χ1v) is 5.67. The van der Waals surface area contributed by atoms with Crippen LogP contribution in [-0.4, -0.2) is 5.84 Å². The average molecular weight is 240 g/mol. The molecule has 0 saturated heterocycles. The monoisotopic (exact) mass is 240 g/mol. The van der Waals surface area contributed by atoms with Crippen molar-refractivity contribution in [1.82, 2.24) is 5.53 Å². The van der Waals surface area contributed by atoms with E-state index in [0.717, 1.165) is 16.7 Å². The number of hydrazone groups is 1. The summed E-state index contributed by atoms with van der Waals surface area (Å²) in [5, 5.41) is 3.82. The van der Waals surface area contributed by atoms with Gasteiger partial charge in [0, 0.05) is 5.56 Å². The van der Waals surface area contributed by atoms with Gasteiger partial charge in [0.05, 0.1) is 0 Å². The number of nitrogens with one attached hydrogen (secondary N) is 1. The SMILES string of the molecule is Cc1ccc(-c2ccccc2/C(N)=N/NN)cc1. The van der Waals surface area contributed by atoms with Crippen LogP contribution in [0.5, 0.6) is 0 Å². The van der Waals surface area contributed by atoms with Gasteiger partial charge in [0.2, 0.25) is 0 Å². The lowest BCUT2D eigenvalue weighted by atomic mass is 9.98. The van der Waals surface area contributed by atoms with E-state index >= 15 is 0 Å². The molecule has 5 N–H and O–H groups in total. The van der Waals surface area contributed by atoms with E-state index in [1.165, 1.54) is 5.56 Å². The molecule has 2 aromatic rings. The number of hydrogen-bond donors (Lipinski definition) is 3. The fourth-order valence-electron chi connectivity index (χ4n) is 1.82. The summed E-state index contributed by atoms with van der Waals surface area (Å²) in [6, 6.07) is 16.1. The predicted octanol–water partition coefficient (Wildman–Crippen LogP) is 1.75. The standard InChI is InChI=1S/C14H16N4/c1-10-6-8-11(9-7-10)12-4-2-3-5-13(12)14(15)17-18-16/h2-9,18H,16H2,1H3,(H2,15,17). The maximum atomic E-state index is 5.88. The Bertz CT molecular complexity index is 558. The van der Waals surface area contributed by atoms with Crippen LogP contribution in [0.1, 0.15) is 11.1 Å². The molecule has 0 aliphatic rings. The molecule has 4 nitrogen and oxygen atoms in total. The molecule has 0 aliphatic carbocycles. The Morgan fingerprint density at radius 1 is 1.06 bits per heavy atom. The molecule has 0 saturated carbocycles. The predicted molar refractivity (Wildman–Crippen MR) is 74.7 cm³/mol. The molecule has 0 atom stereocenters. The molecule has 2 rings (SSSR count). The summed E-state index contributed by atoms with van der Waals surface area (Å²) in [5.74, 6) is 5.53. The maximum absolute atomic E-state index is 5.88. The van der Waals surface area contributed by atoms with Crippen LogP contribution in [0.4, 0.5) is 0 Å². The number of rotatable bonds is 3. The van der Waals surface area contributed by atoms with Crippen molar-refractivity contribution in [2.75, 3.05) is 0 Å².